The van der Waals surface area contributed by atoms with Crippen molar-refractivity contribution in [2.75, 3.05) is 33.0 Å². The van der Waals surface area contributed by atoms with Gasteiger partial charge in [0.15, 0.2) is 11.5 Å². The van der Waals surface area contributed by atoms with Crippen LogP contribution in [0.3, 0.4) is 0 Å². The molecule has 2 aliphatic rings. The lowest BCUT2D eigenvalue weighted by Crippen LogP contribution is -2.49. The summed E-state index contributed by atoms with van der Waals surface area (Å²) in [5.74, 6) is 1.28. The van der Waals surface area contributed by atoms with Crippen molar-refractivity contribution in [3.8, 4) is 11.5 Å². The van der Waals surface area contributed by atoms with Gasteiger partial charge in [0.25, 0.3) is 0 Å². The van der Waals surface area contributed by atoms with Gasteiger partial charge in [-0.15, -0.1) is 0 Å². The van der Waals surface area contributed by atoms with E-state index in [0.29, 0.717) is 30.1 Å². The Morgan fingerprint density at radius 3 is 2.59 bits per heavy atom. The van der Waals surface area contributed by atoms with E-state index in [4.69, 9.17) is 14.0 Å². The van der Waals surface area contributed by atoms with Crippen LogP contribution in [0.2, 0.25) is 0 Å². The molecule has 2 aliphatic heterocycles. The van der Waals surface area contributed by atoms with Gasteiger partial charge in [0, 0.05) is 38.3 Å². The molecule has 4 rings (SSSR count). The van der Waals surface area contributed by atoms with E-state index < -0.39 is 12.0 Å². The van der Waals surface area contributed by atoms with Gasteiger partial charge in [0.05, 0.1) is 5.69 Å². The number of carboxylic acid groups (broad SMARTS) is 1. The van der Waals surface area contributed by atoms with Gasteiger partial charge < -0.3 is 19.1 Å². The van der Waals surface area contributed by atoms with E-state index in [0.717, 1.165) is 36.7 Å². The quantitative estimate of drug-likeness (QED) is 0.851. The normalized spacial score (nSPS) is 18.6. The first-order chi connectivity index (χ1) is 13.0. The fraction of sp³-hybridized carbons (Fsp3) is 0.474. The summed E-state index contributed by atoms with van der Waals surface area (Å²) >= 11 is 0. The van der Waals surface area contributed by atoms with Crippen LogP contribution in [0, 0.1) is 13.8 Å². The highest BCUT2D eigenvalue weighted by molar-refractivity contribution is 5.76. The van der Waals surface area contributed by atoms with Gasteiger partial charge in [-0.1, -0.05) is 11.2 Å². The monoisotopic (exact) mass is 373 g/mol. The van der Waals surface area contributed by atoms with Crippen LogP contribution >= 0.6 is 0 Å². The summed E-state index contributed by atoms with van der Waals surface area (Å²) in [7, 11) is 0. The van der Waals surface area contributed by atoms with E-state index in [-0.39, 0.29) is 6.79 Å². The summed E-state index contributed by atoms with van der Waals surface area (Å²) in [5.41, 5.74) is 2.47. The second kappa shape index (κ2) is 7.21. The lowest BCUT2D eigenvalue weighted by atomic mass is 10.0. The van der Waals surface area contributed by atoms with Crippen LogP contribution in [0.15, 0.2) is 22.7 Å². The van der Waals surface area contributed by atoms with Crippen LogP contribution < -0.4 is 9.47 Å². The van der Waals surface area contributed by atoms with Crippen molar-refractivity contribution in [3.05, 3.63) is 40.8 Å². The SMILES string of the molecule is Cc1noc(C)c1C(C(=O)O)N1CCN(Cc2ccc3c(c2)OCO3)CC1. The minimum Gasteiger partial charge on any atom is -0.480 e. The number of hydrogen-bond acceptors (Lipinski definition) is 7. The number of piperazine rings is 1. The molecule has 0 amide bonds. The molecule has 0 bridgehead atoms. The summed E-state index contributed by atoms with van der Waals surface area (Å²) in [4.78, 5) is 16.2. The second-order valence-electron chi connectivity index (χ2n) is 6.98. The molecule has 8 heteroatoms. The van der Waals surface area contributed by atoms with Gasteiger partial charge in [-0.05, 0) is 31.5 Å². The third-order valence-electron chi connectivity index (χ3n) is 5.21. The predicted octanol–water partition coefficient (Wildman–Crippen LogP) is 1.96. The first-order valence-corrected chi connectivity index (χ1v) is 9.03. The highest BCUT2D eigenvalue weighted by Gasteiger charge is 2.34. The molecule has 0 radical (unpaired) electrons. The Labute approximate surface area is 157 Å². The average Bonchev–Trinajstić information content (AvgIpc) is 3.24. The number of aromatic nitrogens is 1. The van der Waals surface area contributed by atoms with E-state index in [1.165, 1.54) is 0 Å². The Kier molecular flexibility index (Phi) is 4.75. The zero-order valence-electron chi connectivity index (χ0n) is 15.5. The molecule has 2 aromatic rings. The van der Waals surface area contributed by atoms with Crippen LogP contribution in [-0.4, -0.2) is 59.0 Å². The fourth-order valence-corrected chi connectivity index (χ4v) is 3.82. The lowest BCUT2D eigenvalue weighted by Gasteiger charge is -2.37. The molecule has 1 saturated heterocycles. The van der Waals surface area contributed by atoms with Crippen LogP contribution in [0.1, 0.15) is 28.6 Å². The van der Waals surface area contributed by atoms with Crippen LogP contribution in [-0.2, 0) is 11.3 Å². The Balaban J connectivity index is 1.41. The first kappa shape index (κ1) is 17.8. The lowest BCUT2D eigenvalue weighted by molar-refractivity contribution is -0.144. The zero-order chi connectivity index (χ0) is 19.0. The predicted molar refractivity (Wildman–Crippen MR) is 95.8 cm³/mol. The molecule has 1 unspecified atom stereocenters. The maximum atomic E-state index is 11.9. The number of carbonyl (C=O) groups is 1. The number of carboxylic acids is 1. The van der Waals surface area contributed by atoms with Crippen molar-refractivity contribution in [2.24, 2.45) is 0 Å². The Morgan fingerprint density at radius 2 is 1.93 bits per heavy atom. The molecule has 144 valence electrons. The van der Waals surface area contributed by atoms with Crippen molar-refractivity contribution in [1.82, 2.24) is 15.0 Å². The van der Waals surface area contributed by atoms with E-state index in [1.807, 2.05) is 23.1 Å². The molecule has 1 N–H and O–H groups in total. The van der Waals surface area contributed by atoms with Gasteiger partial charge in [-0.2, -0.15) is 0 Å². The molecule has 1 atom stereocenters. The van der Waals surface area contributed by atoms with Crippen molar-refractivity contribution in [2.45, 2.75) is 26.4 Å². The molecule has 0 spiro atoms. The summed E-state index contributed by atoms with van der Waals surface area (Å²) < 4.78 is 16.0. The Bertz CT molecular complexity index is 822. The molecule has 0 aliphatic carbocycles. The van der Waals surface area contributed by atoms with Crippen LogP contribution in [0.5, 0.6) is 11.5 Å². The summed E-state index contributed by atoms with van der Waals surface area (Å²) in [6, 6.07) is 5.28. The molecule has 27 heavy (non-hydrogen) atoms. The Hall–Kier alpha value is -2.58. The number of aryl methyl sites for hydroxylation is 2. The minimum absolute atomic E-state index is 0.274. The van der Waals surface area contributed by atoms with Crippen molar-refractivity contribution >= 4 is 5.97 Å². The summed E-state index contributed by atoms with van der Waals surface area (Å²) in [6.07, 6.45) is 0. The van der Waals surface area contributed by atoms with E-state index in [1.54, 1.807) is 13.8 Å². The van der Waals surface area contributed by atoms with Gasteiger partial charge in [0.2, 0.25) is 6.79 Å². The largest absolute Gasteiger partial charge is 0.480 e. The minimum atomic E-state index is -0.867. The number of ether oxygens (including phenoxy) is 2. The van der Waals surface area contributed by atoms with Gasteiger partial charge in [0.1, 0.15) is 11.8 Å². The highest BCUT2D eigenvalue weighted by atomic mass is 16.7. The van der Waals surface area contributed by atoms with Gasteiger partial charge in [-0.25, -0.2) is 0 Å². The van der Waals surface area contributed by atoms with Crippen molar-refractivity contribution in [1.29, 1.82) is 0 Å². The molecule has 1 aromatic carbocycles. The smallest absolute Gasteiger partial charge is 0.325 e. The number of aliphatic carboxylic acids is 1. The van der Waals surface area contributed by atoms with Gasteiger partial charge in [-0.3, -0.25) is 14.6 Å². The molecule has 1 fully saturated rings. The maximum Gasteiger partial charge on any atom is 0.325 e. The third-order valence-corrected chi connectivity index (χ3v) is 5.21. The van der Waals surface area contributed by atoms with E-state index >= 15 is 0 Å². The molecule has 0 saturated carbocycles. The summed E-state index contributed by atoms with van der Waals surface area (Å²) in [5, 5.41) is 13.7. The van der Waals surface area contributed by atoms with Crippen molar-refractivity contribution < 1.29 is 23.9 Å². The molecule has 8 nitrogen and oxygen atoms in total. The molecular weight excluding hydrogens is 350 g/mol. The standard InChI is InChI=1S/C19H23N3O5/c1-12-17(13(2)27-20-12)18(19(23)24)22-7-5-21(6-8-22)10-14-3-4-15-16(9-14)26-11-25-15/h3-4,9,18H,5-8,10-11H2,1-2H3,(H,23,24). The number of fused-ring (bicyclic) bond motifs is 1. The first-order valence-electron chi connectivity index (χ1n) is 9.03. The number of hydrogen-bond donors (Lipinski definition) is 1. The maximum absolute atomic E-state index is 11.9. The molecule has 1 aromatic heterocycles. The zero-order valence-corrected chi connectivity index (χ0v) is 15.5. The topological polar surface area (TPSA) is 88.3 Å². The second-order valence-corrected chi connectivity index (χ2v) is 6.98. The van der Waals surface area contributed by atoms with Crippen molar-refractivity contribution in [3.63, 3.8) is 0 Å². The van der Waals surface area contributed by atoms with E-state index in [9.17, 15) is 9.90 Å². The highest BCUT2D eigenvalue weighted by Crippen LogP contribution is 2.33. The third kappa shape index (κ3) is 3.50. The number of nitrogens with zero attached hydrogens (tertiary/aromatic N) is 3. The van der Waals surface area contributed by atoms with E-state index in [2.05, 4.69) is 10.1 Å². The number of benzene rings is 1. The van der Waals surface area contributed by atoms with Gasteiger partial charge >= 0.3 is 5.97 Å². The molecule has 3 heterocycles. The van der Waals surface area contributed by atoms with Crippen LogP contribution in [0.25, 0.3) is 0 Å². The fourth-order valence-electron chi connectivity index (χ4n) is 3.82. The average molecular weight is 373 g/mol. The van der Waals surface area contributed by atoms with Crippen LogP contribution in [0.4, 0.5) is 0 Å². The number of rotatable bonds is 5. The molecular formula is C19H23N3O5. The summed E-state index contributed by atoms with van der Waals surface area (Å²) in [6.45, 7) is 7.56. The Morgan fingerprint density at radius 1 is 1.19 bits per heavy atom.